The van der Waals surface area contributed by atoms with Gasteiger partial charge in [-0.1, -0.05) is 12.8 Å². The molecule has 1 saturated carbocycles. The Morgan fingerprint density at radius 3 is 2.58 bits per heavy atom. The SMILES string of the molecule is COC1CCCCC1NCC(C)(C)N1CCOCC1. The number of morpholine rings is 1. The van der Waals surface area contributed by atoms with Crippen LogP contribution >= 0.6 is 0 Å². The summed E-state index contributed by atoms with van der Waals surface area (Å²) in [6, 6.07) is 0.527. The van der Waals surface area contributed by atoms with Gasteiger partial charge in [-0.05, 0) is 26.7 Å². The zero-order valence-corrected chi connectivity index (χ0v) is 12.8. The number of nitrogens with one attached hydrogen (secondary N) is 1. The van der Waals surface area contributed by atoms with Gasteiger partial charge in [0.05, 0.1) is 19.3 Å². The van der Waals surface area contributed by atoms with E-state index in [1.54, 1.807) is 0 Å². The molecule has 2 fully saturated rings. The van der Waals surface area contributed by atoms with Gasteiger partial charge in [0, 0.05) is 38.3 Å². The molecule has 2 unspecified atom stereocenters. The predicted molar refractivity (Wildman–Crippen MR) is 77.5 cm³/mol. The topological polar surface area (TPSA) is 33.7 Å². The van der Waals surface area contributed by atoms with Crippen LogP contribution in [0.3, 0.4) is 0 Å². The lowest BCUT2D eigenvalue weighted by molar-refractivity contribution is -0.0153. The fourth-order valence-corrected chi connectivity index (χ4v) is 3.27. The lowest BCUT2D eigenvalue weighted by Crippen LogP contribution is -2.57. The van der Waals surface area contributed by atoms with E-state index >= 15 is 0 Å². The van der Waals surface area contributed by atoms with Crippen molar-refractivity contribution in [2.24, 2.45) is 0 Å². The van der Waals surface area contributed by atoms with Gasteiger partial charge < -0.3 is 14.8 Å². The zero-order valence-electron chi connectivity index (χ0n) is 12.8. The standard InChI is InChI=1S/C15H30N2O2/c1-15(2,17-8-10-19-11-9-17)12-16-13-6-4-5-7-14(13)18-3/h13-14,16H,4-12H2,1-3H3. The molecule has 0 amide bonds. The summed E-state index contributed by atoms with van der Waals surface area (Å²) in [4.78, 5) is 2.54. The Kier molecular flexibility index (Phi) is 5.63. The summed E-state index contributed by atoms with van der Waals surface area (Å²) in [7, 11) is 1.85. The molecule has 0 aromatic rings. The van der Waals surface area contributed by atoms with Crippen LogP contribution in [0.2, 0.25) is 0 Å². The molecule has 0 spiro atoms. The molecule has 1 aliphatic carbocycles. The lowest BCUT2D eigenvalue weighted by Gasteiger charge is -2.42. The first-order chi connectivity index (χ1) is 9.13. The summed E-state index contributed by atoms with van der Waals surface area (Å²) in [6.45, 7) is 9.52. The fourth-order valence-electron chi connectivity index (χ4n) is 3.27. The summed E-state index contributed by atoms with van der Waals surface area (Å²) < 4.78 is 11.1. The molecule has 1 N–H and O–H groups in total. The van der Waals surface area contributed by atoms with Crippen molar-refractivity contribution >= 4 is 0 Å². The van der Waals surface area contributed by atoms with Crippen molar-refractivity contribution in [2.75, 3.05) is 40.0 Å². The van der Waals surface area contributed by atoms with Crippen LogP contribution in [0.5, 0.6) is 0 Å². The first-order valence-corrected chi connectivity index (χ1v) is 7.72. The van der Waals surface area contributed by atoms with Crippen LogP contribution in [0.15, 0.2) is 0 Å². The minimum Gasteiger partial charge on any atom is -0.380 e. The van der Waals surface area contributed by atoms with Gasteiger partial charge in [-0.2, -0.15) is 0 Å². The van der Waals surface area contributed by atoms with Crippen LogP contribution in [0.1, 0.15) is 39.5 Å². The summed E-state index contributed by atoms with van der Waals surface area (Å²) >= 11 is 0. The van der Waals surface area contributed by atoms with E-state index in [9.17, 15) is 0 Å². The minimum absolute atomic E-state index is 0.194. The third-order valence-electron chi connectivity index (χ3n) is 4.67. The minimum atomic E-state index is 0.194. The van der Waals surface area contributed by atoms with E-state index in [0.29, 0.717) is 12.1 Å². The number of nitrogens with zero attached hydrogens (tertiary/aromatic N) is 1. The molecule has 4 nitrogen and oxygen atoms in total. The molecule has 2 atom stereocenters. The highest BCUT2D eigenvalue weighted by molar-refractivity contribution is 4.89. The van der Waals surface area contributed by atoms with E-state index in [2.05, 4.69) is 24.1 Å². The van der Waals surface area contributed by atoms with Crippen molar-refractivity contribution in [1.29, 1.82) is 0 Å². The Labute approximate surface area is 117 Å². The Balaban J connectivity index is 1.81. The third-order valence-corrected chi connectivity index (χ3v) is 4.67. The van der Waals surface area contributed by atoms with Gasteiger partial charge in [0.2, 0.25) is 0 Å². The molecule has 1 heterocycles. The number of hydrogen-bond acceptors (Lipinski definition) is 4. The molecule has 0 bridgehead atoms. The molecule has 4 heteroatoms. The average Bonchev–Trinajstić information content (AvgIpc) is 2.46. The Morgan fingerprint density at radius 2 is 1.89 bits per heavy atom. The third kappa shape index (κ3) is 4.15. The summed E-state index contributed by atoms with van der Waals surface area (Å²) in [6.07, 6.45) is 5.48. The summed E-state index contributed by atoms with van der Waals surface area (Å²) in [5.41, 5.74) is 0.194. The maximum atomic E-state index is 5.62. The largest absolute Gasteiger partial charge is 0.380 e. The van der Waals surface area contributed by atoms with Gasteiger partial charge in [0.15, 0.2) is 0 Å². The average molecular weight is 270 g/mol. The van der Waals surface area contributed by atoms with E-state index in [1.165, 1.54) is 25.7 Å². The van der Waals surface area contributed by atoms with Gasteiger partial charge in [-0.15, -0.1) is 0 Å². The molecule has 2 aliphatic rings. The lowest BCUT2D eigenvalue weighted by atomic mass is 9.91. The smallest absolute Gasteiger partial charge is 0.0724 e. The van der Waals surface area contributed by atoms with Crippen LogP contribution in [0, 0.1) is 0 Å². The van der Waals surface area contributed by atoms with E-state index in [1.807, 2.05) is 7.11 Å². The Hall–Kier alpha value is -0.160. The molecule has 0 radical (unpaired) electrons. The van der Waals surface area contributed by atoms with Crippen molar-refractivity contribution < 1.29 is 9.47 Å². The van der Waals surface area contributed by atoms with Crippen LogP contribution in [-0.2, 0) is 9.47 Å². The van der Waals surface area contributed by atoms with Crippen LogP contribution < -0.4 is 5.32 Å². The maximum Gasteiger partial charge on any atom is 0.0724 e. The van der Waals surface area contributed by atoms with Gasteiger partial charge in [-0.3, -0.25) is 4.90 Å². The van der Waals surface area contributed by atoms with Crippen LogP contribution in [-0.4, -0.2) is 62.5 Å². The highest BCUT2D eigenvalue weighted by atomic mass is 16.5. The second-order valence-electron chi connectivity index (χ2n) is 6.46. The maximum absolute atomic E-state index is 5.62. The monoisotopic (exact) mass is 270 g/mol. The van der Waals surface area contributed by atoms with Crippen LogP contribution in [0.25, 0.3) is 0 Å². The van der Waals surface area contributed by atoms with E-state index in [0.717, 1.165) is 32.8 Å². The molecule has 1 aliphatic heterocycles. The highest BCUT2D eigenvalue weighted by Gasteiger charge is 2.31. The molecule has 1 saturated heterocycles. The van der Waals surface area contributed by atoms with Crippen molar-refractivity contribution in [2.45, 2.75) is 57.2 Å². The molecule has 0 aromatic heterocycles. The zero-order chi connectivity index (χ0) is 13.7. The number of hydrogen-bond donors (Lipinski definition) is 1. The molecule has 0 aromatic carbocycles. The van der Waals surface area contributed by atoms with Gasteiger partial charge in [0.1, 0.15) is 0 Å². The normalized spacial score (nSPS) is 30.5. The van der Waals surface area contributed by atoms with E-state index in [4.69, 9.17) is 9.47 Å². The predicted octanol–water partition coefficient (Wildman–Crippen LogP) is 1.64. The fraction of sp³-hybridized carbons (Fsp3) is 1.00. The van der Waals surface area contributed by atoms with Crippen molar-refractivity contribution in [3.63, 3.8) is 0 Å². The summed E-state index contributed by atoms with van der Waals surface area (Å²) in [5.74, 6) is 0. The molecule has 2 rings (SSSR count). The van der Waals surface area contributed by atoms with Crippen molar-refractivity contribution in [3.05, 3.63) is 0 Å². The van der Waals surface area contributed by atoms with Crippen molar-refractivity contribution in [3.8, 4) is 0 Å². The number of ether oxygens (including phenoxy) is 2. The number of rotatable bonds is 5. The molecular formula is C15H30N2O2. The van der Waals surface area contributed by atoms with Gasteiger partial charge in [0.25, 0.3) is 0 Å². The van der Waals surface area contributed by atoms with E-state index < -0.39 is 0 Å². The van der Waals surface area contributed by atoms with Crippen LogP contribution in [0.4, 0.5) is 0 Å². The molecule has 19 heavy (non-hydrogen) atoms. The van der Waals surface area contributed by atoms with E-state index in [-0.39, 0.29) is 5.54 Å². The van der Waals surface area contributed by atoms with Gasteiger partial charge >= 0.3 is 0 Å². The highest BCUT2D eigenvalue weighted by Crippen LogP contribution is 2.22. The quantitative estimate of drug-likeness (QED) is 0.823. The molecule has 112 valence electrons. The molecular weight excluding hydrogens is 240 g/mol. The second-order valence-corrected chi connectivity index (χ2v) is 6.46. The summed E-state index contributed by atoms with van der Waals surface area (Å²) in [5, 5.41) is 3.75. The Morgan fingerprint density at radius 1 is 1.21 bits per heavy atom. The first-order valence-electron chi connectivity index (χ1n) is 7.72. The number of methoxy groups -OCH3 is 1. The van der Waals surface area contributed by atoms with Gasteiger partial charge in [-0.25, -0.2) is 0 Å². The second kappa shape index (κ2) is 7.02. The Bertz CT molecular complexity index is 265. The van der Waals surface area contributed by atoms with Crippen molar-refractivity contribution in [1.82, 2.24) is 10.2 Å². The first kappa shape index (κ1) is 15.2.